The molecule has 86 valence electrons. The lowest BCUT2D eigenvalue weighted by Crippen LogP contribution is -2.10. The van der Waals surface area contributed by atoms with Gasteiger partial charge in [-0.2, -0.15) is 0 Å². The molecular formula is C15H15NS. The summed E-state index contributed by atoms with van der Waals surface area (Å²) in [6.07, 6.45) is 3.83. The van der Waals surface area contributed by atoms with Crippen LogP contribution in [0.3, 0.4) is 0 Å². The highest BCUT2D eigenvalue weighted by Crippen LogP contribution is 2.35. The highest BCUT2D eigenvalue weighted by Gasteiger charge is 2.15. The predicted molar refractivity (Wildman–Crippen MR) is 75.8 cm³/mol. The highest BCUT2D eigenvalue weighted by molar-refractivity contribution is 7.25. The minimum atomic E-state index is 0.204. The highest BCUT2D eigenvalue weighted by atomic mass is 32.1. The standard InChI is InChI=1S/C15H15NS/c1-15(2,3)10-4-5-13-12(8-10)11-6-7-16-9-14(11)17-13/h4-9H,1-3H3. The number of fused-ring (bicyclic) bond motifs is 3. The van der Waals surface area contributed by atoms with Crippen LogP contribution >= 0.6 is 11.3 Å². The van der Waals surface area contributed by atoms with Crippen molar-refractivity contribution in [2.45, 2.75) is 26.2 Å². The van der Waals surface area contributed by atoms with Gasteiger partial charge in [0.2, 0.25) is 0 Å². The summed E-state index contributed by atoms with van der Waals surface area (Å²) in [6.45, 7) is 6.76. The Hall–Kier alpha value is -1.41. The van der Waals surface area contributed by atoms with Gasteiger partial charge in [-0.25, -0.2) is 0 Å². The molecule has 0 spiro atoms. The van der Waals surface area contributed by atoms with Gasteiger partial charge in [-0.15, -0.1) is 11.3 Å². The van der Waals surface area contributed by atoms with E-state index in [1.807, 2.05) is 23.7 Å². The van der Waals surface area contributed by atoms with Crippen LogP contribution < -0.4 is 0 Å². The van der Waals surface area contributed by atoms with Crippen LogP contribution in [0.1, 0.15) is 26.3 Å². The van der Waals surface area contributed by atoms with E-state index < -0.39 is 0 Å². The van der Waals surface area contributed by atoms with Crippen LogP contribution in [0, 0.1) is 0 Å². The molecule has 2 heteroatoms. The minimum absolute atomic E-state index is 0.204. The SMILES string of the molecule is CC(C)(C)c1ccc2sc3cnccc3c2c1. The fourth-order valence-electron chi connectivity index (χ4n) is 2.10. The van der Waals surface area contributed by atoms with Gasteiger partial charge in [0.05, 0.1) is 4.70 Å². The van der Waals surface area contributed by atoms with Gasteiger partial charge >= 0.3 is 0 Å². The van der Waals surface area contributed by atoms with Crippen molar-refractivity contribution in [2.75, 3.05) is 0 Å². The zero-order chi connectivity index (χ0) is 12.0. The van der Waals surface area contributed by atoms with Gasteiger partial charge in [0.1, 0.15) is 0 Å². The van der Waals surface area contributed by atoms with Crippen molar-refractivity contribution in [3.63, 3.8) is 0 Å². The lowest BCUT2D eigenvalue weighted by molar-refractivity contribution is 0.591. The maximum absolute atomic E-state index is 4.19. The monoisotopic (exact) mass is 241 g/mol. The van der Waals surface area contributed by atoms with Crippen molar-refractivity contribution in [3.8, 4) is 0 Å². The Morgan fingerprint density at radius 3 is 2.59 bits per heavy atom. The molecule has 0 N–H and O–H groups in total. The molecule has 0 unspecified atom stereocenters. The summed E-state index contributed by atoms with van der Waals surface area (Å²) in [6, 6.07) is 8.92. The Kier molecular flexibility index (Phi) is 2.23. The van der Waals surface area contributed by atoms with Crippen molar-refractivity contribution < 1.29 is 0 Å². The Balaban J connectivity index is 2.38. The Bertz CT molecular complexity index is 689. The molecule has 0 saturated heterocycles. The fourth-order valence-corrected chi connectivity index (χ4v) is 3.15. The Labute approximate surface area is 105 Å². The summed E-state index contributed by atoms with van der Waals surface area (Å²) in [4.78, 5) is 4.19. The van der Waals surface area contributed by atoms with Gasteiger partial charge < -0.3 is 0 Å². The summed E-state index contributed by atoms with van der Waals surface area (Å²) >= 11 is 1.82. The third kappa shape index (κ3) is 1.73. The first kappa shape index (κ1) is 10.7. The maximum atomic E-state index is 4.19. The van der Waals surface area contributed by atoms with Crippen molar-refractivity contribution >= 4 is 31.5 Å². The van der Waals surface area contributed by atoms with Crippen LogP contribution in [0.25, 0.3) is 20.2 Å². The topological polar surface area (TPSA) is 12.9 Å². The van der Waals surface area contributed by atoms with Crippen molar-refractivity contribution in [3.05, 3.63) is 42.2 Å². The average molecular weight is 241 g/mol. The number of pyridine rings is 1. The number of benzene rings is 1. The summed E-state index contributed by atoms with van der Waals surface area (Å²) in [5.74, 6) is 0. The summed E-state index contributed by atoms with van der Waals surface area (Å²) in [5, 5.41) is 2.69. The third-order valence-electron chi connectivity index (χ3n) is 3.14. The largest absolute Gasteiger partial charge is 0.263 e. The number of hydrogen-bond donors (Lipinski definition) is 0. The van der Waals surface area contributed by atoms with Crippen LogP contribution in [0.5, 0.6) is 0 Å². The van der Waals surface area contributed by atoms with Crippen LogP contribution in [0.15, 0.2) is 36.7 Å². The molecule has 0 aliphatic heterocycles. The van der Waals surface area contributed by atoms with Gasteiger partial charge in [0, 0.05) is 27.9 Å². The molecule has 2 heterocycles. The van der Waals surface area contributed by atoms with Gasteiger partial charge in [0.15, 0.2) is 0 Å². The zero-order valence-corrected chi connectivity index (χ0v) is 11.1. The number of thiophene rings is 1. The molecule has 2 aromatic heterocycles. The molecule has 0 aliphatic carbocycles. The Morgan fingerprint density at radius 2 is 1.82 bits per heavy atom. The van der Waals surface area contributed by atoms with Crippen molar-refractivity contribution in [2.24, 2.45) is 0 Å². The smallest absolute Gasteiger partial charge is 0.0538 e. The molecule has 3 aromatic rings. The first-order valence-corrected chi connectivity index (χ1v) is 6.64. The van der Waals surface area contributed by atoms with Gasteiger partial charge in [-0.05, 0) is 29.2 Å². The van der Waals surface area contributed by atoms with E-state index in [4.69, 9.17) is 0 Å². The molecule has 0 fully saturated rings. The first-order chi connectivity index (χ1) is 8.05. The van der Waals surface area contributed by atoms with E-state index in [1.54, 1.807) is 0 Å². The van der Waals surface area contributed by atoms with Gasteiger partial charge in [0.25, 0.3) is 0 Å². The van der Waals surface area contributed by atoms with Crippen molar-refractivity contribution in [1.29, 1.82) is 0 Å². The first-order valence-electron chi connectivity index (χ1n) is 5.82. The molecule has 0 bridgehead atoms. The van der Waals surface area contributed by atoms with E-state index >= 15 is 0 Å². The Morgan fingerprint density at radius 1 is 1.00 bits per heavy atom. The summed E-state index contributed by atoms with van der Waals surface area (Å²) in [5.41, 5.74) is 1.59. The molecular weight excluding hydrogens is 226 g/mol. The summed E-state index contributed by atoms with van der Waals surface area (Å²) in [7, 11) is 0. The van der Waals surface area contributed by atoms with Gasteiger partial charge in [-0.1, -0.05) is 26.8 Å². The van der Waals surface area contributed by atoms with Gasteiger partial charge in [-0.3, -0.25) is 4.98 Å². The zero-order valence-electron chi connectivity index (χ0n) is 10.3. The van der Waals surface area contributed by atoms with Crippen LogP contribution in [-0.2, 0) is 5.41 Å². The molecule has 0 amide bonds. The van der Waals surface area contributed by atoms with E-state index in [-0.39, 0.29) is 5.41 Å². The molecule has 0 atom stereocenters. The van der Waals surface area contributed by atoms with Crippen LogP contribution in [0.4, 0.5) is 0 Å². The predicted octanol–water partition coefficient (Wildman–Crippen LogP) is 4.75. The normalized spacial score (nSPS) is 12.4. The number of aromatic nitrogens is 1. The van der Waals surface area contributed by atoms with Crippen molar-refractivity contribution in [1.82, 2.24) is 4.98 Å². The van der Waals surface area contributed by atoms with Crippen LogP contribution in [0.2, 0.25) is 0 Å². The molecule has 1 nitrogen and oxygen atoms in total. The molecule has 3 rings (SSSR count). The second-order valence-electron chi connectivity index (χ2n) is 5.43. The van der Waals surface area contributed by atoms with E-state index in [9.17, 15) is 0 Å². The van der Waals surface area contributed by atoms with E-state index in [0.717, 1.165) is 0 Å². The average Bonchev–Trinajstić information content (AvgIpc) is 2.65. The van der Waals surface area contributed by atoms with E-state index in [0.29, 0.717) is 0 Å². The summed E-state index contributed by atoms with van der Waals surface area (Å²) < 4.78 is 2.62. The second kappa shape index (κ2) is 3.54. The van der Waals surface area contributed by atoms with Crippen LogP contribution in [-0.4, -0.2) is 4.98 Å². The number of hydrogen-bond acceptors (Lipinski definition) is 2. The minimum Gasteiger partial charge on any atom is -0.263 e. The second-order valence-corrected chi connectivity index (χ2v) is 6.52. The third-order valence-corrected chi connectivity index (χ3v) is 4.26. The molecule has 0 radical (unpaired) electrons. The molecule has 17 heavy (non-hydrogen) atoms. The maximum Gasteiger partial charge on any atom is 0.0538 e. The number of nitrogens with zero attached hydrogens (tertiary/aromatic N) is 1. The molecule has 0 saturated carbocycles. The van der Waals surface area contributed by atoms with E-state index in [1.165, 1.54) is 25.7 Å². The molecule has 0 aliphatic rings. The molecule has 1 aromatic carbocycles. The lowest BCUT2D eigenvalue weighted by Gasteiger charge is -2.18. The fraction of sp³-hybridized carbons (Fsp3) is 0.267. The quantitative estimate of drug-likeness (QED) is 0.553. The van der Waals surface area contributed by atoms with E-state index in [2.05, 4.69) is 50.0 Å². The number of rotatable bonds is 0. The lowest BCUT2D eigenvalue weighted by atomic mass is 9.86.